The maximum absolute atomic E-state index is 13.9. The van der Waals surface area contributed by atoms with Gasteiger partial charge in [0.05, 0.1) is 10.8 Å². The molecule has 2 amide bonds. The van der Waals surface area contributed by atoms with Gasteiger partial charge in [0.25, 0.3) is 0 Å². The van der Waals surface area contributed by atoms with Crippen molar-refractivity contribution in [3.63, 3.8) is 0 Å². The van der Waals surface area contributed by atoms with Crippen LogP contribution in [0.1, 0.15) is 33.4 Å². The lowest BCUT2D eigenvalue weighted by atomic mass is 9.69. The monoisotopic (exact) mass is 572 g/mol. The minimum Gasteiger partial charge on any atom is -0.337 e. The van der Waals surface area contributed by atoms with E-state index in [0.29, 0.717) is 13.1 Å². The van der Waals surface area contributed by atoms with Crippen LogP contribution in [-0.4, -0.2) is 19.1 Å². The fourth-order valence-corrected chi connectivity index (χ4v) is 6.44. The minimum atomic E-state index is -0.587. The van der Waals surface area contributed by atoms with Crippen LogP contribution >= 0.6 is 0 Å². The lowest BCUT2D eigenvalue weighted by Gasteiger charge is -2.37. The van der Waals surface area contributed by atoms with Gasteiger partial charge in [0, 0.05) is 13.1 Å². The van der Waals surface area contributed by atoms with Crippen LogP contribution in [0.4, 0.5) is 4.79 Å². The number of carbonyl (C=O) groups excluding carboxylic acids is 1. The van der Waals surface area contributed by atoms with E-state index >= 15 is 0 Å². The molecule has 216 valence electrons. The quantitative estimate of drug-likeness (QED) is 0.159. The van der Waals surface area contributed by atoms with Crippen molar-refractivity contribution in [3.8, 4) is 0 Å². The first-order chi connectivity index (χ1) is 21.7. The van der Waals surface area contributed by atoms with Crippen molar-refractivity contribution in [2.45, 2.75) is 10.8 Å². The summed E-state index contributed by atoms with van der Waals surface area (Å²) >= 11 is 0. The van der Waals surface area contributed by atoms with Crippen LogP contribution in [0.2, 0.25) is 0 Å². The van der Waals surface area contributed by atoms with Gasteiger partial charge in [-0.05, 0) is 33.4 Å². The van der Waals surface area contributed by atoms with Crippen molar-refractivity contribution >= 4 is 6.03 Å². The highest BCUT2D eigenvalue weighted by Crippen LogP contribution is 2.40. The molecule has 0 fully saturated rings. The number of nitrogens with one attached hydrogen (secondary N) is 2. The molecule has 6 aromatic carbocycles. The van der Waals surface area contributed by atoms with E-state index in [-0.39, 0.29) is 6.03 Å². The first-order valence-corrected chi connectivity index (χ1v) is 15.1. The van der Waals surface area contributed by atoms with Crippen LogP contribution in [-0.2, 0) is 10.8 Å². The number of benzene rings is 6. The molecule has 0 aromatic heterocycles. The zero-order chi connectivity index (χ0) is 30.1. The van der Waals surface area contributed by atoms with Crippen LogP contribution in [0, 0.1) is 0 Å². The number of amides is 2. The summed E-state index contributed by atoms with van der Waals surface area (Å²) in [6.07, 6.45) is 0. The van der Waals surface area contributed by atoms with Crippen molar-refractivity contribution in [1.29, 1.82) is 0 Å². The van der Waals surface area contributed by atoms with Gasteiger partial charge in [-0.3, -0.25) is 0 Å². The Morgan fingerprint density at radius 1 is 0.341 bits per heavy atom. The van der Waals surface area contributed by atoms with Crippen molar-refractivity contribution in [1.82, 2.24) is 10.6 Å². The molecule has 0 spiro atoms. The van der Waals surface area contributed by atoms with Crippen molar-refractivity contribution in [3.05, 3.63) is 215 Å². The lowest BCUT2D eigenvalue weighted by molar-refractivity contribution is 0.238. The number of hydrogen-bond acceptors (Lipinski definition) is 1. The van der Waals surface area contributed by atoms with Crippen LogP contribution in [0.15, 0.2) is 182 Å². The molecular formula is C41H36N2O. The van der Waals surface area contributed by atoms with E-state index in [1.807, 2.05) is 36.4 Å². The molecule has 3 heteroatoms. The van der Waals surface area contributed by atoms with Crippen molar-refractivity contribution in [2.75, 3.05) is 13.1 Å². The minimum absolute atomic E-state index is 0.218. The van der Waals surface area contributed by atoms with Gasteiger partial charge in [-0.1, -0.05) is 182 Å². The Morgan fingerprint density at radius 2 is 0.523 bits per heavy atom. The average molecular weight is 573 g/mol. The molecule has 0 aliphatic heterocycles. The van der Waals surface area contributed by atoms with Crippen LogP contribution in [0.3, 0.4) is 0 Å². The first-order valence-electron chi connectivity index (χ1n) is 15.1. The second-order valence-electron chi connectivity index (χ2n) is 11.0. The molecule has 0 bridgehead atoms. The van der Waals surface area contributed by atoms with E-state index in [0.717, 1.165) is 33.4 Å². The molecule has 0 aliphatic carbocycles. The zero-order valence-electron chi connectivity index (χ0n) is 24.6. The normalized spacial score (nSPS) is 11.5. The van der Waals surface area contributed by atoms with E-state index in [4.69, 9.17) is 0 Å². The molecule has 0 saturated heterocycles. The fourth-order valence-electron chi connectivity index (χ4n) is 6.44. The third kappa shape index (κ3) is 5.65. The largest absolute Gasteiger partial charge is 0.337 e. The highest BCUT2D eigenvalue weighted by atomic mass is 16.2. The van der Waals surface area contributed by atoms with Gasteiger partial charge >= 0.3 is 6.03 Å². The SMILES string of the molecule is O=C(NCC(c1ccccc1)(c1ccccc1)c1ccccc1)NCC(c1ccccc1)(c1ccccc1)c1ccccc1. The van der Waals surface area contributed by atoms with Gasteiger partial charge in [-0.25, -0.2) is 4.79 Å². The maximum atomic E-state index is 13.9. The summed E-state index contributed by atoms with van der Waals surface area (Å²) in [6, 6.07) is 62.4. The summed E-state index contributed by atoms with van der Waals surface area (Å²) in [5.41, 5.74) is 5.52. The fraction of sp³-hybridized carbons (Fsp3) is 0.0976. The topological polar surface area (TPSA) is 41.1 Å². The Kier molecular flexibility index (Phi) is 8.65. The summed E-state index contributed by atoms with van der Waals surface area (Å²) in [7, 11) is 0. The van der Waals surface area contributed by atoms with Crippen LogP contribution < -0.4 is 10.6 Å². The molecule has 0 atom stereocenters. The Balaban J connectivity index is 1.36. The maximum Gasteiger partial charge on any atom is 0.314 e. The van der Waals surface area contributed by atoms with E-state index in [2.05, 4.69) is 156 Å². The molecule has 44 heavy (non-hydrogen) atoms. The Morgan fingerprint density at radius 3 is 0.705 bits per heavy atom. The molecule has 0 aliphatic rings. The highest BCUT2D eigenvalue weighted by Gasteiger charge is 2.39. The summed E-state index contributed by atoms with van der Waals surface area (Å²) in [6.45, 7) is 0.762. The zero-order valence-corrected chi connectivity index (χ0v) is 24.6. The number of hydrogen-bond donors (Lipinski definition) is 2. The highest BCUT2D eigenvalue weighted by molar-refractivity contribution is 5.75. The second kappa shape index (κ2) is 13.3. The molecular weight excluding hydrogens is 536 g/mol. The summed E-state index contributed by atoms with van der Waals surface area (Å²) in [5.74, 6) is 0. The van der Waals surface area contributed by atoms with E-state index < -0.39 is 10.8 Å². The molecule has 0 saturated carbocycles. The Hall–Kier alpha value is -5.41. The molecule has 3 nitrogen and oxygen atoms in total. The van der Waals surface area contributed by atoms with Crippen LogP contribution in [0.5, 0.6) is 0 Å². The summed E-state index contributed by atoms with van der Waals surface area (Å²) < 4.78 is 0. The smallest absolute Gasteiger partial charge is 0.314 e. The lowest BCUT2D eigenvalue weighted by Crippen LogP contribution is -2.49. The van der Waals surface area contributed by atoms with E-state index in [1.165, 1.54) is 0 Å². The molecule has 0 heterocycles. The van der Waals surface area contributed by atoms with E-state index in [1.54, 1.807) is 0 Å². The van der Waals surface area contributed by atoms with E-state index in [9.17, 15) is 4.79 Å². The Labute approximate surface area is 260 Å². The molecule has 0 radical (unpaired) electrons. The molecule has 0 unspecified atom stereocenters. The standard InChI is InChI=1S/C41H36N2O/c44-39(42-31-40(33-19-7-1-8-20-33,34-21-9-2-10-22-34)35-23-11-3-12-24-35)43-32-41(36-25-13-4-14-26-36,37-27-15-5-16-28-37)38-29-17-6-18-30-38/h1-30H,31-32H2,(H2,42,43,44). The second-order valence-corrected chi connectivity index (χ2v) is 11.0. The van der Waals surface area contributed by atoms with Gasteiger partial charge < -0.3 is 10.6 Å². The Bertz CT molecular complexity index is 1420. The van der Waals surface area contributed by atoms with Crippen molar-refractivity contribution in [2.24, 2.45) is 0 Å². The van der Waals surface area contributed by atoms with Gasteiger partial charge in [0.2, 0.25) is 0 Å². The third-order valence-corrected chi connectivity index (χ3v) is 8.63. The summed E-state index contributed by atoms with van der Waals surface area (Å²) in [4.78, 5) is 13.9. The predicted octanol–water partition coefficient (Wildman–Crippen LogP) is 8.35. The molecule has 6 aromatic rings. The average Bonchev–Trinajstić information content (AvgIpc) is 3.12. The first kappa shape index (κ1) is 28.7. The van der Waals surface area contributed by atoms with Gasteiger partial charge in [0.1, 0.15) is 0 Å². The van der Waals surface area contributed by atoms with Gasteiger partial charge in [-0.2, -0.15) is 0 Å². The van der Waals surface area contributed by atoms with Gasteiger partial charge in [0.15, 0.2) is 0 Å². The van der Waals surface area contributed by atoms with Crippen LogP contribution in [0.25, 0.3) is 0 Å². The summed E-state index contributed by atoms with van der Waals surface area (Å²) in [5, 5.41) is 6.59. The molecule has 2 N–H and O–H groups in total. The van der Waals surface area contributed by atoms with Crippen molar-refractivity contribution < 1.29 is 4.79 Å². The number of rotatable bonds is 10. The predicted molar refractivity (Wildman–Crippen MR) is 180 cm³/mol. The molecule has 6 rings (SSSR count). The van der Waals surface area contributed by atoms with Gasteiger partial charge in [-0.15, -0.1) is 0 Å². The third-order valence-electron chi connectivity index (χ3n) is 8.63. The number of carbonyl (C=O) groups is 1. The number of urea groups is 1.